The molecule has 0 spiro atoms. The third-order valence-electron chi connectivity index (χ3n) is 5.22. The number of amides is 1. The van der Waals surface area contributed by atoms with E-state index in [4.69, 9.17) is 10.2 Å². The maximum Gasteiger partial charge on any atom is 0.248 e. The van der Waals surface area contributed by atoms with Crippen molar-refractivity contribution in [2.24, 2.45) is 5.73 Å². The van der Waals surface area contributed by atoms with Gasteiger partial charge in [-0.25, -0.2) is 9.97 Å². The summed E-state index contributed by atoms with van der Waals surface area (Å²) >= 11 is 0. The number of primary amides is 1. The second kappa shape index (κ2) is 5.26. The topological polar surface area (TPSA) is 124 Å². The molecule has 0 aliphatic heterocycles. The highest BCUT2D eigenvalue weighted by atomic mass is 16.4. The average molecular weight is 363 g/mol. The zero-order valence-corrected chi connectivity index (χ0v) is 14.9. The molecule has 0 bridgehead atoms. The van der Waals surface area contributed by atoms with Gasteiger partial charge in [-0.3, -0.25) is 9.78 Å². The number of nitrogens with zero attached hydrogens (tertiary/aromatic N) is 5. The summed E-state index contributed by atoms with van der Waals surface area (Å²) in [5.41, 5.74) is 6.90. The molecule has 5 rings (SSSR count). The number of nitrogens with one attached hydrogen (secondary N) is 1. The smallest absolute Gasteiger partial charge is 0.248 e. The SMILES string of the molecule is CNc1ncc(-c2nn3c(C)ncc3o2)c2cc(C3(C(N)=O)CC3)ncc12. The van der Waals surface area contributed by atoms with E-state index in [9.17, 15) is 4.79 Å². The lowest BCUT2D eigenvalue weighted by molar-refractivity contribution is -0.120. The van der Waals surface area contributed by atoms with Gasteiger partial charge in [0.05, 0.1) is 22.9 Å². The molecule has 0 radical (unpaired) electrons. The molecule has 1 amide bonds. The molecular weight excluding hydrogens is 346 g/mol. The molecule has 1 fully saturated rings. The lowest BCUT2D eigenvalue weighted by atomic mass is 9.98. The Morgan fingerprint density at radius 2 is 2.04 bits per heavy atom. The third kappa shape index (κ3) is 2.14. The fourth-order valence-corrected chi connectivity index (χ4v) is 3.45. The molecule has 1 saturated carbocycles. The van der Waals surface area contributed by atoms with E-state index < -0.39 is 5.41 Å². The van der Waals surface area contributed by atoms with E-state index in [1.807, 2.05) is 13.0 Å². The standard InChI is InChI=1S/C18H17N7O2/c1-9-21-8-14-25(9)24-16(27-14)12-7-23-15(20-2)11-6-22-13(5-10(11)12)18(3-4-18)17(19)26/h5-8H,3-4H2,1-2H3,(H2,19,26)(H,20,23). The number of fused-ring (bicyclic) bond motifs is 2. The molecular formula is C18H17N7O2. The number of aryl methyl sites for hydroxylation is 1. The van der Waals surface area contributed by atoms with E-state index in [1.165, 1.54) is 0 Å². The number of rotatable bonds is 4. The van der Waals surface area contributed by atoms with Crippen molar-refractivity contribution in [2.45, 2.75) is 25.2 Å². The van der Waals surface area contributed by atoms with Crippen LogP contribution in [0.2, 0.25) is 0 Å². The van der Waals surface area contributed by atoms with Gasteiger partial charge in [-0.2, -0.15) is 4.52 Å². The quantitative estimate of drug-likeness (QED) is 0.566. The van der Waals surface area contributed by atoms with Crippen LogP contribution in [0.1, 0.15) is 24.4 Å². The number of nitrogens with two attached hydrogens (primary N) is 1. The van der Waals surface area contributed by atoms with Crippen LogP contribution >= 0.6 is 0 Å². The van der Waals surface area contributed by atoms with E-state index in [2.05, 4.69) is 25.4 Å². The summed E-state index contributed by atoms with van der Waals surface area (Å²) in [7, 11) is 1.80. The number of carbonyl (C=O) groups excluding carboxylic acids is 1. The van der Waals surface area contributed by atoms with Crippen LogP contribution in [0.3, 0.4) is 0 Å². The van der Waals surface area contributed by atoms with Crippen molar-refractivity contribution in [3.63, 3.8) is 0 Å². The van der Waals surface area contributed by atoms with Crippen molar-refractivity contribution >= 4 is 28.2 Å². The molecule has 4 heterocycles. The van der Waals surface area contributed by atoms with Crippen molar-refractivity contribution in [3.8, 4) is 11.5 Å². The summed E-state index contributed by atoms with van der Waals surface area (Å²) in [6.45, 7) is 1.85. The predicted molar refractivity (Wildman–Crippen MR) is 98.2 cm³/mol. The fraction of sp³-hybridized carbons (Fsp3) is 0.278. The van der Waals surface area contributed by atoms with Gasteiger partial charge in [-0.05, 0) is 25.8 Å². The van der Waals surface area contributed by atoms with E-state index in [1.54, 1.807) is 30.2 Å². The zero-order chi connectivity index (χ0) is 18.8. The van der Waals surface area contributed by atoms with E-state index in [-0.39, 0.29) is 5.91 Å². The third-order valence-corrected chi connectivity index (χ3v) is 5.22. The Balaban J connectivity index is 1.77. The summed E-state index contributed by atoms with van der Waals surface area (Å²) < 4.78 is 7.50. The van der Waals surface area contributed by atoms with Crippen LogP contribution in [0.5, 0.6) is 0 Å². The molecule has 4 aromatic heterocycles. The van der Waals surface area contributed by atoms with Crippen molar-refractivity contribution < 1.29 is 9.21 Å². The summed E-state index contributed by atoms with van der Waals surface area (Å²) in [6, 6.07) is 1.90. The summed E-state index contributed by atoms with van der Waals surface area (Å²) in [4.78, 5) is 25.1. The van der Waals surface area contributed by atoms with Gasteiger partial charge >= 0.3 is 0 Å². The molecule has 1 aliphatic rings. The molecule has 0 atom stereocenters. The highest BCUT2D eigenvalue weighted by molar-refractivity contribution is 6.01. The Morgan fingerprint density at radius 3 is 2.70 bits per heavy atom. The van der Waals surface area contributed by atoms with Crippen LogP contribution < -0.4 is 11.1 Å². The molecule has 27 heavy (non-hydrogen) atoms. The van der Waals surface area contributed by atoms with Gasteiger partial charge in [0, 0.05) is 30.2 Å². The monoisotopic (exact) mass is 363 g/mol. The Morgan fingerprint density at radius 1 is 1.22 bits per heavy atom. The van der Waals surface area contributed by atoms with Gasteiger partial charge in [-0.1, -0.05) is 0 Å². The van der Waals surface area contributed by atoms with E-state index in [0.29, 0.717) is 36.0 Å². The molecule has 3 N–H and O–H groups in total. The second-order valence-electron chi connectivity index (χ2n) is 6.79. The van der Waals surface area contributed by atoms with Crippen LogP contribution in [-0.4, -0.2) is 37.5 Å². The molecule has 136 valence electrons. The first-order valence-corrected chi connectivity index (χ1v) is 8.62. The molecule has 4 aromatic rings. The highest BCUT2D eigenvalue weighted by Gasteiger charge is 2.51. The Kier molecular flexibility index (Phi) is 3.06. The maximum absolute atomic E-state index is 11.9. The minimum absolute atomic E-state index is 0.342. The highest BCUT2D eigenvalue weighted by Crippen LogP contribution is 2.48. The number of hydrogen-bond donors (Lipinski definition) is 2. The Labute approximate surface area is 153 Å². The molecule has 0 saturated heterocycles. The molecule has 0 aromatic carbocycles. The van der Waals surface area contributed by atoms with Crippen LogP contribution in [0.25, 0.3) is 27.9 Å². The van der Waals surface area contributed by atoms with Gasteiger partial charge in [-0.15, -0.1) is 5.10 Å². The number of carbonyl (C=O) groups is 1. The van der Waals surface area contributed by atoms with E-state index in [0.717, 1.165) is 22.2 Å². The first kappa shape index (κ1) is 15.7. The van der Waals surface area contributed by atoms with Gasteiger partial charge in [0.25, 0.3) is 0 Å². The first-order chi connectivity index (χ1) is 13.0. The van der Waals surface area contributed by atoms with Crippen LogP contribution in [0.4, 0.5) is 5.82 Å². The first-order valence-electron chi connectivity index (χ1n) is 8.62. The van der Waals surface area contributed by atoms with Crippen LogP contribution in [-0.2, 0) is 10.2 Å². The minimum Gasteiger partial charge on any atom is -0.417 e. The summed E-state index contributed by atoms with van der Waals surface area (Å²) in [5, 5.41) is 9.24. The van der Waals surface area contributed by atoms with Crippen molar-refractivity contribution in [2.75, 3.05) is 12.4 Å². The fourth-order valence-electron chi connectivity index (χ4n) is 3.45. The normalized spacial score (nSPS) is 15.3. The number of imidazole rings is 1. The zero-order valence-electron chi connectivity index (χ0n) is 14.9. The lowest BCUT2D eigenvalue weighted by Gasteiger charge is -2.13. The Bertz CT molecular complexity index is 1220. The van der Waals surface area contributed by atoms with E-state index >= 15 is 0 Å². The number of aromatic nitrogens is 5. The molecule has 0 unspecified atom stereocenters. The molecule has 9 nitrogen and oxygen atoms in total. The molecule has 1 aliphatic carbocycles. The van der Waals surface area contributed by atoms with Crippen LogP contribution in [0, 0.1) is 6.92 Å². The second-order valence-corrected chi connectivity index (χ2v) is 6.79. The Hall–Kier alpha value is -3.49. The van der Waals surface area contributed by atoms with Crippen molar-refractivity contribution in [1.29, 1.82) is 0 Å². The van der Waals surface area contributed by atoms with Gasteiger partial charge in [0.15, 0.2) is 0 Å². The predicted octanol–water partition coefficient (Wildman–Crippen LogP) is 1.80. The summed E-state index contributed by atoms with van der Waals surface area (Å²) in [5.74, 6) is 1.51. The van der Waals surface area contributed by atoms with Gasteiger partial charge in [0.2, 0.25) is 17.5 Å². The maximum atomic E-state index is 11.9. The number of hydrogen-bond acceptors (Lipinski definition) is 7. The average Bonchev–Trinajstić information content (AvgIpc) is 3.28. The van der Waals surface area contributed by atoms with Gasteiger partial charge < -0.3 is 15.5 Å². The molecule has 9 heteroatoms. The lowest BCUT2D eigenvalue weighted by Crippen LogP contribution is -2.29. The van der Waals surface area contributed by atoms with Crippen molar-refractivity contribution in [3.05, 3.63) is 36.2 Å². The van der Waals surface area contributed by atoms with Gasteiger partial charge in [0.1, 0.15) is 11.6 Å². The minimum atomic E-state index is -0.668. The number of anilines is 1. The number of pyridine rings is 2. The van der Waals surface area contributed by atoms with Crippen molar-refractivity contribution in [1.82, 2.24) is 24.6 Å². The van der Waals surface area contributed by atoms with Crippen LogP contribution in [0.15, 0.2) is 29.1 Å². The summed E-state index contributed by atoms with van der Waals surface area (Å²) in [6.07, 6.45) is 6.49. The largest absolute Gasteiger partial charge is 0.417 e.